The van der Waals surface area contributed by atoms with Crippen LogP contribution in [0.5, 0.6) is 0 Å². The second-order valence-electron chi connectivity index (χ2n) is 6.25. The van der Waals surface area contributed by atoms with Crippen LogP contribution in [0.4, 0.5) is 5.82 Å². The zero-order chi connectivity index (χ0) is 20.1. The van der Waals surface area contributed by atoms with Crippen LogP contribution in [0.1, 0.15) is 34.1 Å². The first kappa shape index (κ1) is 20.5. The molecule has 0 saturated carbocycles. The van der Waals surface area contributed by atoms with Crippen LogP contribution in [0, 0.1) is 0 Å². The van der Waals surface area contributed by atoms with Gasteiger partial charge in [-0.05, 0) is 47.5 Å². The van der Waals surface area contributed by atoms with E-state index in [0.717, 1.165) is 18.8 Å². The molecule has 0 aliphatic carbocycles. The lowest BCUT2D eigenvalue weighted by atomic mass is 10.2. The van der Waals surface area contributed by atoms with Gasteiger partial charge in [-0.2, -0.15) is 0 Å². The lowest BCUT2D eigenvalue weighted by molar-refractivity contribution is 0.0525. The van der Waals surface area contributed by atoms with Crippen molar-refractivity contribution >= 4 is 45.2 Å². The Morgan fingerprint density at radius 3 is 2.71 bits per heavy atom. The quantitative estimate of drug-likeness (QED) is 0.507. The van der Waals surface area contributed by atoms with E-state index in [2.05, 4.69) is 30.8 Å². The van der Waals surface area contributed by atoms with E-state index in [1.165, 1.54) is 6.20 Å². The first-order chi connectivity index (χ1) is 13.5. The minimum atomic E-state index is -0.381. The number of esters is 1. The number of carbonyl (C=O) groups excluding carboxylic acids is 2. The van der Waals surface area contributed by atoms with Crippen molar-refractivity contribution in [1.82, 2.24) is 14.9 Å². The first-order valence-corrected chi connectivity index (χ1v) is 10.1. The standard InChI is InChI=1S/C19H20BrClN4O3/c1-2-28-19(27)13-4-5-16(22-11-13)24-6-3-7-25(9-8-24)18(26)15-10-14(20)12-23-17(15)21/h4-5,10-12H,2-3,6-9H2,1H3. The molecular weight excluding hydrogens is 448 g/mol. The number of ether oxygens (including phenoxy) is 1. The van der Waals surface area contributed by atoms with Crippen molar-refractivity contribution in [2.24, 2.45) is 0 Å². The van der Waals surface area contributed by atoms with Gasteiger partial charge in [0.15, 0.2) is 0 Å². The van der Waals surface area contributed by atoms with E-state index < -0.39 is 0 Å². The molecule has 0 atom stereocenters. The highest BCUT2D eigenvalue weighted by atomic mass is 79.9. The van der Waals surface area contributed by atoms with Gasteiger partial charge >= 0.3 is 5.97 Å². The second-order valence-corrected chi connectivity index (χ2v) is 7.52. The van der Waals surface area contributed by atoms with Gasteiger partial charge in [-0.25, -0.2) is 14.8 Å². The summed E-state index contributed by atoms with van der Waals surface area (Å²) in [4.78, 5) is 36.9. The smallest absolute Gasteiger partial charge is 0.339 e. The van der Waals surface area contributed by atoms with Crippen molar-refractivity contribution in [2.75, 3.05) is 37.7 Å². The molecule has 2 aromatic heterocycles. The fourth-order valence-corrected chi connectivity index (χ4v) is 3.52. The first-order valence-electron chi connectivity index (χ1n) is 8.98. The number of anilines is 1. The number of aromatic nitrogens is 2. The fourth-order valence-electron chi connectivity index (χ4n) is 3.00. The van der Waals surface area contributed by atoms with Crippen LogP contribution in [0.2, 0.25) is 5.15 Å². The van der Waals surface area contributed by atoms with E-state index in [4.69, 9.17) is 16.3 Å². The van der Waals surface area contributed by atoms with Gasteiger partial charge in [0.1, 0.15) is 11.0 Å². The van der Waals surface area contributed by atoms with E-state index in [1.807, 2.05) is 0 Å². The molecule has 0 bridgehead atoms. The van der Waals surface area contributed by atoms with Crippen molar-refractivity contribution in [3.63, 3.8) is 0 Å². The Labute approximate surface area is 176 Å². The Kier molecular flexibility index (Phi) is 6.85. The summed E-state index contributed by atoms with van der Waals surface area (Å²) in [6.45, 7) is 4.66. The Morgan fingerprint density at radius 2 is 2.00 bits per heavy atom. The van der Waals surface area contributed by atoms with E-state index >= 15 is 0 Å². The Balaban J connectivity index is 1.67. The van der Waals surface area contributed by atoms with Gasteiger partial charge in [-0.3, -0.25) is 4.79 Å². The van der Waals surface area contributed by atoms with E-state index in [1.54, 1.807) is 36.2 Å². The Morgan fingerprint density at radius 1 is 1.18 bits per heavy atom. The number of hydrogen-bond acceptors (Lipinski definition) is 6. The highest BCUT2D eigenvalue weighted by Gasteiger charge is 2.23. The van der Waals surface area contributed by atoms with E-state index in [9.17, 15) is 9.59 Å². The molecule has 1 aliphatic heterocycles. The van der Waals surface area contributed by atoms with E-state index in [-0.39, 0.29) is 17.0 Å². The highest BCUT2D eigenvalue weighted by molar-refractivity contribution is 9.10. The molecule has 1 fully saturated rings. The van der Waals surface area contributed by atoms with Gasteiger partial charge in [0.05, 0.1) is 17.7 Å². The summed E-state index contributed by atoms with van der Waals surface area (Å²) in [5.74, 6) is 0.254. The SMILES string of the molecule is CCOC(=O)c1ccc(N2CCCN(C(=O)c3cc(Br)cnc3Cl)CC2)nc1. The van der Waals surface area contributed by atoms with Crippen LogP contribution >= 0.6 is 27.5 Å². The van der Waals surface area contributed by atoms with Crippen molar-refractivity contribution in [3.05, 3.63) is 51.3 Å². The summed E-state index contributed by atoms with van der Waals surface area (Å²) in [5, 5.41) is 0.200. The highest BCUT2D eigenvalue weighted by Crippen LogP contribution is 2.21. The van der Waals surface area contributed by atoms with Gasteiger partial charge in [-0.15, -0.1) is 0 Å². The number of halogens is 2. The molecule has 3 heterocycles. The molecule has 1 amide bonds. The zero-order valence-corrected chi connectivity index (χ0v) is 17.7. The molecule has 1 saturated heterocycles. The minimum absolute atomic E-state index is 0.133. The number of carbonyl (C=O) groups is 2. The monoisotopic (exact) mass is 466 g/mol. The number of pyridine rings is 2. The average molecular weight is 468 g/mol. The van der Waals surface area contributed by atoms with Crippen molar-refractivity contribution in [1.29, 1.82) is 0 Å². The molecule has 0 unspecified atom stereocenters. The third-order valence-electron chi connectivity index (χ3n) is 4.40. The summed E-state index contributed by atoms with van der Waals surface area (Å²) in [6, 6.07) is 5.20. The normalized spacial score (nSPS) is 14.5. The molecule has 7 nitrogen and oxygen atoms in total. The van der Waals surface area contributed by atoms with Gasteiger partial charge in [0.2, 0.25) is 0 Å². The van der Waals surface area contributed by atoms with Crippen LogP contribution in [0.15, 0.2) is 35.1 Å². The fraction of sp³-hybridized carbons (Fsp3) is 0.368. The number of amides is 1. The number of nitrogens with zero attached hydrogens (tertiary/aromatic N) is 4. The van der Waals surface area contributed by atoms with Gasteiger partial charge < -0.3 is 14.5 Å². The van der Waals surface area contributed by atoms with Gasteiger partial charge in [-0.1, -0.05) is 11.6 Å². The van der Waals surface area contributed by atoms with Crippen LogP contribution in [0.25, 0.3) is 0 Å². The summed E-state index contributed by atoms with van der Waals surface area (Å²) in [7, 11) is 0. The average Bonchev–Trinajstić information content (AvgIpc) is 2.96. The molecule has 0 aromatic carbocycles. The minimum Gasteiger partial charge on any atom is -0.462 e. The molecule has 148 valence electrons. The molecule has 1 aliphatic rings. The van der Waals surface area contributed by atoms with Crippen LogP contribution in [0.3, 0.4) is 0 Å². The maximum Gasteiger partial charge on any atom is 0.339 e. The third kappa shape index (κ3) is 4.80. The number of rotatable bonds is 4. The lowest BCUT2D eigenvalue weighted by Gasteiger charge is -2.23. The Hall–Kier alpha value is -2.19. The molecule has 0 N–H and O–H groups in total. The predicted molar refractivity (Wildman–Crippen MR) is 110 cm³/mol. The molecule has 0 radical (unpaired) electrons. The number of hydrogen-bond donors (Lipinski definition) is 0. The second kappa shape index (κ2) is 9.34. The molecule has 2 aromatic rings. The maximum absolute atomic E-state index is 12.8. The molecule has 28 heavy (non-hydrogen) atoms. The van der Waals surface area contributed by atoms with Gasteiger partial charge in [0.25, 0.3) is 5.91 Å². The zero-order valence-electron chi connectivity index (χ0n) is 15.4. The van der Waals surface area contributed by atoms with Crippen LogP contribution in [-0.2, 0) is 4.74 Å². The lowest BCUT2D eigenvalue weighted by Crippen LogP contribution is -2.35. The van der Waals surface area contributed by atoms with Crippen molar-refractivity contribution < 1.29 is 14.3 Å². The van der Waals surface area contributed by atoms with Crippen molar-refractivity contribution in [2.45, 2.75) is 13.3 Å². The van der Waals surface area contributed by atoms with Gasteiger partial charge in [0, 0.05) is 43.0 Å². The third-order valence-corrected chi connectivity index (χ3v) is 5.14. The van der Waals surface area contributed by atoms with Crippen LogP contribution < -0.4 is 4.90 Å². The summed E-state index contributed by atoms with van der Waals surface area (Å²) in [6.07, 6.45) is 3.88. The largest absolute Gasteiger partial charge is 0.462 e. The summed E-state index contributed by atoms with van der Waals surface area (Å²) >= 11 is 9.43. The summed E-state index contributed by atoms with van der Waals surface area (Å²) < 4.78 is 5.69. The summed E-state index contributed by atoms with van der Waals surface area (Å²) in [5.41, 5.74) is 0.815. The molecule has 0 spiro atoms. The van der Waals surface area contributed by atoms with Crippen LogP contribution in [-0.4, -0.2) is 59.5 Å². The molecule has 3 rings (SSSR count). The van der Waals surface area contributed by atoms with E-state index in [0.29, 0.717) is 41.8 Å². The molecule has 9 heteroatoms. The Bertz CT molecular complexity index is 863. The predicted octanol–water partition coefficient (Wildman–Crippen LogP) is 3.42. The van der Waals surface area contributed by atoms with Crippen molar-refractivity contribution in [3.8, 4) is 0 Å². The maximum atomic E-state index is 12.8. The molecular formula is C19H20BrClN4O3. The topological polar surface area (TPSA) is 75.6 Å².